The lowest BCUT2D eigenvalue weighted by Gasteiger charge is -2.19. The molecule has 1 unspecified atom stereocenters. The van der Waals surface area contributed by atoms with Gasteiger partial charge < -0.3 is 14.4 Å². The number of benzene rings is 1. The summed E-state index contributed by atoms with van der Waals surface area (Å²) < 4.78 is 10.5. The Morgan fingerprint density at radius 2 is 2.39 bits per heavy atom. The van der Waals surface area contributed by atoms with Gasteiger partial charge in [-0.05, 0) is 31.0 Å². The standard InChI is InChI=1S/C14H19NO3/c1-11-15(8-9-18-11)14(16)7-6-12-4-3-5-13(10-12)17-2/h3-5,10-11H,6-9H2,1-2H3. The van der Waals surface area contributed by atoms with Crippen LogP contribution < -0.4 is 4.74 Å². The van der Waals surface area contributed by atoms with Crippen LogP contribution in [0.1, 0.15) is 18.9 Å². The predicted octanol–water partition coefficient (Wildman–Crippen LogP) is 1.83. The van der Waals surface area contributed by atoms with E-state index in [-0.39, 0.29) is 12.1 Å². The molecule has 0 aliphatic carbocycles. The molecule has 0 bridgehead atoms. The lowest BCUT2D eigenvalue weighted by atomic mass is 10.1. The zero-order valence-electron chi connectivity index (χ0n) is 10.9. The van der Waals surface area contributed by atoms with Crippen molar-refractivity contribution in [3.63, 3.8) is 0 Å². The number of amides is 1. The molecule has 1 fully saturated rings. The first-order valence-electron chi connectivity index (χ1n) is 6.24. The van der Waals surface area contributed by atoms with Crippen LogP contribution in [0.4, 0.5) is 0 Å². The fraction of sp³-hybridized carbons (Fsp3) is 0.500. The Balaban J connectivity index is 1.88. The van der Waals surface area contributed by atoms with Crippen LogP contribution >= 0.6 is 0 Å². The lowest BCUT2D eigenvalue weighted by molar-refractivity contribution is -0.135. The molecule has 1 aromatic rings. The van der Waals surface area contributed by atoms with E-state index in [4.69, 9.17) is 9.47 Å². The van der Waals surface area contributed by atoms with Crippen molar-refractivity contribution in [2.75, 3.05) is 20.3 Å². The van der Waals surface area contributed by atoms with Crippen molar-refractivity contribution in [3.8, 4) is 5.75 Å². The summed E-state index contributed by atoms with van der Waals surface area (Å²) in [5, 5.41) is 0. The first kappa shape index (κ1) is 12.9. The van der Waals surface area contributed by atoms with Crippen LogP contribution in [0.5, 0.6) is 5.75 Å². The van der Waals surface area contributed by atoms with E-state index in [9.17, 15) is 4.79 Å². The summed E-state index contributed by atoms with van der Waals surface area (Å²) >= 11 is 0. The summed E-state index contributed by atoms with van der Waals surface area (Å²) in [5.74, 6) is 0.987. The van der Waals surface area contributed by atoms with E-state index in [1.807, 2.05) is 31.2 Å². The zero-order chi connectivity index (χ0) is 13.0. The molecule has 1 aliphatic rings. The molecule has 1 aliphatic heterocycles. The van der Waals surface area contributed by atoms with Gasteiger partial charge in [-0.3, -0.25) is 4.79 Å². The van der Waals surface area contributed by atoms with Crippen LogP contribution in [-0.2, 0) is 16.0 Å². The number of nitrogens with zero attached hydrogens (tertiary/aromatic N) is 1. The van der Waals surface area contributed by atoms with Gasteiger partial charge in [-0.15, -0.1) is 0 Å². The summed E-state index contributed by atoms with van der Waals surface area (Å²) in [7, 11) is 1.65. The predicted molar refractivity (Wildman–Crippen MR) is 68.4 cm³/mol. The van der Waals surface area contributed by atoms with Gasteiger partial charge in [-0.25, -0.2) is 0 Å². The van der Waals surface area contributed by atoms with Gasteiger partial charge in [-0.1, -0.05) is 12.1 Å². The molecule has 18 heavy (non-hydrogen) atoms. The van der Waals surface area contributed by atoms with Crippen LogP contribution in [-0.4, -0.2) is 37.3 Å². The molecule has 0 saturated carbocycles. The highest BCUT2D eigenvalue weighted by atomic mass is 16.5. The van der Waals surface area contributed by atoms with Crippen LogP contribution in [0.15, 0.2) is 24.3 Å². The maximum absolute atomic E-state index is 12.0. The van der Waals surface area contributed by atoms with E-state index >= 15 is 0 Å². The number of aryl methyl sites for hydroxylation is 1. The van der Waals surface area contributed by atoms with Crippen LogP contribution in [0.25, 0.3) is 0 Å². The maximum atomic E-state index is 12.0. The van der Waals surface area contributed by atoms with Gasteiger partial charge in [0.2, 0.25) is 5.91 Å². The lowest BCUT2D eigenvalue weighted by Crippen LogP contribution is -2.34. The second-order valence-electron chi connectivity index (χ2n) is 4.41. The first-order chi connectivity index (χ1) is 8.70. The van der Waals surface area contributed by atoms with Gasteiger partial charge in [0.15, 0.2) is 0 Å². The highest BCUT2D eigenvalue weighted by molar-refractivity contribution is 5.76. The van der Waals surface area contributed by atoms with Gasteiger partial charge in [0.1, 0.15) is 12.0 Å². The quantitative estimate of drug-likeness (QED) is 0.817. The molecule has 0 spiro atoms. The maximum Gasteiger partial charge on any atom is 0.225 e. The molecule has 98 valence electrons. The van der Waals surface area contributed by atoms with E-state index < -0.39 is 0 Å². The van der Waals surface area contributed by atoms with E-state index in [1.165, 1.54) is 0 Å². The normalized spacial score (nSPS) is 19.0. The van der Waals surface area contributed by atoms with Gasteiger partial charge in [0.05, 0.1) is 13.7 Å². The van der Waals surface area contributed by atoms with Crippen molar-refractivity contribution in [1.29, 1.82) is 0 Å². The summed E-state index contributed by atoms with van der Waals surface area (Å²) in [6, 6.07) is 7.83. The van der Waals surface area contributed by atoms with Crippen LogP contribution in [0, 0.1) is 0 Å². The third kappa shape index (κ3) is 3.01. The van der Waals surface area contributed by atoms with Crippen molar-refractivity contribution in [3.05, 3.63) is 29.8 Å². The van der Waals surface area contributed by atoms with Gasteiger partial charge in [0.25, 0.3) is 0 Å². The van der Waals surface area contributed by atoms with E-state index in [0.717, 1.165) is 17.7 Å². The summed E-state index contributed by atoms with van der Waals surface area (Å²) in [6.07, 6.45) is 1.17. The first-order valence-corrected chi connectivity index (χ1v) is 6.24. The highest BCUT2D eigenvalue weighted by Crippen LogP contribution is 2.16. The average molecular weight is 249 g/mol. The van der Waals surface area contributed by atoms with E-state index in [1.54, 1.807) is 12.0 Å². The van der Waals surface area contributed by atoms with E-state index in [0.29, 0.717) is 19.6 Å². The van der Waals surface area contributed by atoms with E-state index in [2.05, 4.69) is 0 Å². The fourth-order valence-corrected chi connectivity index (χ4v) is 2.14. The second kappa shape index (κ2) is 5.87. The zero-order valence-corrected chi connectivity index (χ0v) is 10.9. The minimum atomic E-state index is -0.0807. The highest BCUT2D eigenvalue weighted by Gasteiger charge is 2.25. The van der Waals surface area contributed by atoms with Gasteiger partial charge >= 0.3 is 0 Å². The van der Waals surface area contributed by atoms with Crippen molar-refractivity contribution in [1.82, 2.24) is 4.90 Å². The van der Waals surface area contributed by atoms with Crippen molar-refractivity contribution >= 4 is 5.91 Å². The van der Waals surface area contributed by atoms with Crippen LogP contribution in [0.3, 0.4) is 0 Å². The monoisotopic (exact) mass is 249 g/mol. The Morgan fingerprint density at radius 1 is 1.56 bits per heavy atom. The molecule has 4 nitrogen and oxygen atoms in total. The molecule has 2 rings (SSSR count). The van der Waals surface area contributed by atoms with Crippen molar-refractivity contribution in [2.24, 2.45) is 0 Å². The average Bonchev–Trinajstić information content (AvgIpc) is 2.82. The Kier molecular flexibility index (Phi) is 4.20. The smallest absolute Gasteiger partial charge is 0.225 e. The minimum absolute atomic E-state index is 0.0807. The molecular weight excluding hydrogens is 230 g/mol. The molecule has 1 amide bonds. The van der Waals surface area contributed by atoms with Crippen LogP contribution in [0.2, 0.25) is 0 Å². The minimum Gasteiger partial charge on any atom is -0.497 e. The topological polar surface area (TPSA) is 38.8 Å². The molecule has 0 N–H and O–H groups in total. The van der Waals surface area contributed by atoms with Crippen molar-refractivity contribution < 1.29 is 14.3 Å². The molecule has 1 heterocycles. The molecule has 1 aromatic carbocycles. The molecule has 0 aromatic heterocycles. The van der Waals surface area contributed by atoms with Crippen molar-refractivity contribution in [2.45, 2.75) is 26.0 Å². The Labute approximate surface area is 107 Å². The molecule has 0 radical (unpaired) electrons. The van der Waals surface area contributed by atoms with Gasteiger partial charge in [-0.2, -0.15) is 0 Å². The molecule has 4 heteroatoms. The number of hydrogen-bond acceptors (Lipinski definition) is 3. The summed E-state index contributed by atoms with van der Waals surface area (Å²) in [6.45, 7) is 3.26. The number of methoxy groups -OCH3 is 1. The second-order valence-corrected chi connectivity index (χ2v) is 4.41. The Morgan fingerprint density at radius 3 is 3.06 bits per heavy atom. The molecule has 1 saturated heterocycles. The molecule has 1 atom stereocenters. The Bertz CT molecular complexity index is 419. The largest absolute Gasteiger partial charge is 0.497 e. The summed E-state index contributed by atoms with van der Waals surface area (Å²) in [5.41, 5.74) is 1.12. The number of rotatable bonds is 4. The SMILES string of the molecule is COc1cccc(CCC(=O)N2CCOC2C)c1. The number of ether oxygens (including phenoxy) is 2. The number of carbonyl (C=O) groups excluding carboxylic acids is 1. The number of hydrogen-bond donors (Lipinski definition) is 0. The number of carbonyl (C=O) groups is 1. The third-order valence-corrected chi connectivity index (χ3v) is 3.21. The fourth-order valence-electron chi connectivity index (χ4n) is 2.14. The van der Waals surface area contributed by atoms with Gasteiger partial charge in [0, 0.05) is 13.0 Å². The summed E-state index contributed by atoms with van der Waals surface area (Å²) in [4.78, 5) is 13.8. The molecular formula is C14H19NO3. The Hall–Kier alpha value is -1.55. The third-order valence-electron chi connectivity index (χ3n) is 3.21.